The average molecular weight is 141 g/mol. The second-order valence-electron chi connectivity index (χ2n) is 1.01. The number of hydrogen-bond donors (Lipinski definition) is 2. The van der Waals surface area contributed by atoms with Crippen LogP contribution in [0.5, 0.6) is 0 Å². The van der Waals surface area contributed by atoms with Crippen LogP contribution in [-0.4, -0.2) is 19.1 Å². The summed E-state index contributed by atoms with van der Waals surface area (Å²) in [7, 11) is 0. The van der Waals surface area contributed by atoms with E-state index in [1.165, 1.54) is 0 Å². The van der Waals surface area contributed by atoms with Gasteiger partial charge in [-0.05, 0) is 0 Å². The fourth-order valence-corrected chi connectivity index (χ4v) is 0.175. The van der Waals surface area contributed by atoms with Crippen LogP contribution >= 0.6 is 0 Å². The molecule has 4 N–H and O–H groups in total. The first kappa shape index (κ1) is 11.6. The topological polar surface area (TPSA) is 87.5 Å². The molecule has 0 aromatic heterocycles. The smallest absolute Gasteiger partial charge is 0.853 e. The molecule has 0 unspecified atom stereocenters. The summed E-state index contributed by atoms with van der Waals surface area (Å²) < 4.78 is 0. The molecule has 0 aliphatic rings. The molecule has 0 rings (SSSR count). The van der Waals surface area contributed by atoms with E-state index in [1.807, 2.05) is 0 Å². The zero-order chi connectivity index (χ0) is 5.70. The second kappa shape index (κ2) is 7.87. The van der Waals surface area contributed by atoms with Crippen LogP contribution < -0.4 is 68.0 Å². The van der Waals surface area contributed by atoms with Crippen LogP contribution in [0.3, 0.4) is 0 Å². The van der Waals surface area contributed by atoms with Crippen molar-refractivity contribution < 1.29 is 56.5 Å². The SMILES string of the molecule is NC(N)=NCC[O-].[K+]. The van der Waals surface area contributed by atoms with Crippen LogP contribution in [0.4, 0.5) is 0 Å². The fourth-order valence-electron chi connectivity index (χ4n) is 0.175. The molecular weight excluding hydrogens is 133 g/mol. The van der Waals surface area contributed by atoms with Gasteiger partial charge in [0.1, 0.15) is 0 Å². The summed E-state index contributed by atoms with van der Waals surface area (Å²) in [6.45, 7) is -0.0692. The minimum absolute atomic E-state index is 0. The number of nitrogens with two attached hydrogens (primary N) is 2. The fraction of sp³-hybridized carbons (Fsp3) is 0.667. The average Bonchev–Trinajstić information content (AvgIpc) is 1.61. The molecule has 0 saturated heterocycles. The quantitative estimate of drug-likeness (QED) is 0.229. The molecule has 0 radical (unpaired) electrons. The van der Waals surface area contributed by atoms with Crippen molar-refractivity contribution in [2.75, 3.05) is 13.2 Å². The van der Waals surface area contributed by atoms with Crippen molar-refractivity contribution in [3.05, 3.63) is 0 Å². The Morgan fingerprint density at radius 1 is 1.50 bits per heavy atom. The van der Waals surface area contributed by atoms with Crippen molar-refractivity contribution in [3.63, 3.8) is 0 Å². The van der Waals surface area contributed by atoms with Gasteiger partial charge < -0.3 is 16.6 Å². The summed E-state index contributed by atoms with van der Waals surface area (Å²) in [6.07, 6.45) is 0. The Labute approximate surface area is 90.8 Å². The van der Waals surface area contributed by atoms with Gasteiger partial charge in [-0.3, -0.25) is 4.99 Å². The van der Waals surface area contributed by atoms with E-state index in [0.29, 0.717) is 0 Å². The third-order valence-electron chi connectivity index (χ3n) is 0.386. The van der Waals surface area contributed by atoms with Gasteiger partial charge in [0.15, 0.2) is 5.96 Å². The molecule has 42 valence electrons. The van der Waals surface area contributed by atoms with E-state index in [4.69, 9.17) is 11.5 Å². The third kappa shape index (κ3) is 9.98. The van der Waals surface area contributed by atoms with Crippen LogP contribution in [-0.2, 0) is 0 Å². The first-order valence-corrected chi connectivity index (χ1v) is 1.91. The first-order chi connectivity index (χ1) is 3.27. The normalized spacial score (nSPS) is 7.12. The van der Waals surface area contributed by atoms with Gasteiger partial charge in [-0.15, -0.1) is 6.61 Å². The maximum Gasteiger partial charge on any atom is 1.00 e. The van der Waals surface area contributed by atoms with Crippen molar-refractivity contribution in [2.45, 2.75) is 0 Å². The summed E-state index contributed by atoms with van der Waals surface area (Å²) in [4.78, 5) is 3.40. The number of rotatable bonds is 2. The summed E-state index contributed by atoms with van der Waals surface area (Å²) in [5.41, 5.74) is 9.73. The van der Waals surface area contributed by atoms with Gasteiger partial charge in [0.05, 0.1) is 0 Å². The Hall–Kier alpha value is 0.866. The predicted molar refractivity (Wildman–Crippen MR) is 25.5 cm³/mol. The molecule has 0 bridgehead atoms. The van der Waals surface area contributed by atoms with Crippen LogP contribution in [0.1, 0.15) is 0 Å². The van der Waals surface area contributed by atoms with Gasteiger partial charge in [-0.2, -0.15) is 0 Å². The van der Waals surface area contributed by atoms with Crippen LogP contribution in [0.2, 0.25) is 0 Å². The molecule has 0 heterocycles. The van der Waals surface area contributed by atoms with E-state index in [2.05, 4.69) is 4.99 Å². The monoisotopic (exact) mass is 141 g/mol. The molecule has 0 aliphatic carbocycles. The van der Waals surface area contributed by atoms with Gasteiger partial charge in [-0.1, -0.05) is 0 Å². The minimum atomic E-state index is -0.252. The molecule has 0 aromatic carbocycles. The van der Waals surface area contributed by atoms with E-state index in [0.717, 1.165) is 0 Å². The Bertz CT molecular complexity index is 70.9. The summed E-state index contributed by atoms with van der Waals surface area (Å²) in [5.74, 6) is -0.0177. The number of nitrogens with zero attached hydrogens (tertiary/aromatic N) is 1. The third-order valence-corrected chi connectivity index (χ3v) is 0.386. The van der Waals surface area contributed by atoms with Gasteiger partial charge in [0.2, 0.25) is 0 Å². The maximum atomic E-state index is 9.62. The van der Waals surface area contributed by atoms with Crippen molar-refractivity contribution in [2.24, 2.45) is 16.5 Å². The molecule has 0 aliphatic heterocycles. The first-order valence-electron chi connectivity index (χ1n) is 1.91. The molecule has 0 aromatic rings. The number of aliphatic imine (C=N–C) groups is 1. The van der Waals surface area contributed by atoms with E-state index >= 15 is 0 Å². The van der Waals surface area contributed by atoms with Crippen molar-refractivity contribution >= 4 is 5.96 Å². The Morgan fingerprint density at radius 2 is 2.00 bits per heavy atom. The minimum Gasteiger partial charge on any atom is -0.853 e. The van der Waals surface area contributed by atoms with Gasteiger partial charge in [0.25, 0.3) is 0 Å². The van der Waals surface area contributed by atoms with Gasteiger partial charge in [-0.25, -0.2) is 0 Å². The van der Waals surface area contributed by atoms with Crippen LogP contribution in [0.25, 0.3) is 0 Å². The zero-order valence-electron chi connectivity index (χ0n) is 4.92. The van der Waals surface area contributed by atoms with Crippen molar-refractivity contribution in [1.82, 2.24) is 0 Å². The van der Waals surface area contributed by atoms with Gasteiger partial charge in [0, 0.05) is 6.54 Å². The Balaban J connectivity index is 0. The summed E-state index contributed by atoms with van der Waals surface area (Å²) >= 11 is 0. The number of guanidine groups is 1. The van der Waals surface area contributed by atoms with Crippen LogP contribution in [0, 0.1) is 0 Å². The summed E-state index contributed by atoms with van der Waals surface area (Å²) in [6, 6.07) is 0. The molecule has 0 amide bonds. The maximum absolute atomic E-state index is 9.62. The molecular formula is C3H8KN3O. The molecule has 0 atom stereocenters. The standard InChI is InChI=1S/C3H8N3O.K/c4-3(5)6-1-2-7;/h1-2H2,(H4,4,5,6);/q-1;+1. The van der Waals surface area contributed by atoms with Gasteiger partial charge >= 0.3 is 51.4 Å². The van der Waals surface area contributed by atoms with Crippen molar-refractivity contribution in [1.29, 1.82) is 0 Å². The second-order valence-corrected chi connectivity index (χ2v) is 1.01. The molecule has 4 nitrogen and oxygen atoms in total. The molecule has 0 saturated carbocycles. The Kier molecular flexibility index (Phi) is 11.4. The zero-order valence-corrected chi connectivity index (χ0v) is 8.05. The van der Waals surface area contributed by atoms with E-state index in [9.17, 15) is 5.11 Å². The van der Waals surface area contributed by atoms with E-state index in [1.54, 1.807) is 0 Å². The van der Waals surface area contributed by atoms with Crippen molar-refractivity contribution in [3.8, 4) is 0 Å². The number of hydrogen-bond acceptors (Lipinski definition) is 2. The molecule has 0 spiro atoms. The molecule has 0 fully saturated rings. The summed E-state index contributed by atoms with van der Waals surface area (Å²) in [5, 5.41) is 9.62. The Morgan fingerprint density at radius 3 is 2.12 bits per heavy atom. The molecule has 8 heavy (non-hydrogen) atoms. The van der Waals surface area contributed by atoms with E-state index in [-0.39, 0.29) is 70.5 Å². The van der Waals surface area contributed by atoms with Crippen LogP contribution in [0.15, 0.2) is 4.99 Å². The van der Waals surface area contributed by atoms with E-state index < -0.39 is 0 Å². The largest absolute Gasteiger partial charge is 1.00 e. The molecule has 5 heteroatoms. The predicted octanol–water partition coefficient (Wildman–Crippen LogP) is -5.38.